The molecule has 0 saturated heterocycles. The largest absolute Gasteiger partial charge is 0.300 e. The lowest BCUT2D eigenvalue weighted by molar-refractivity contribution is -0.120. The molecule has 0 aromatic rings. The number of fused-ring (bicyclic) bond motifs is 1. The van der Waals surface area contributed by atoms with Crippen LogP contribution in [0.15, 0.2) is 0 Å². The zero-order chi connectivity index (χ0) is 14.3. The summed E-state index contributed by atoms with van der Waals surface area (Å²) in [4.78, 5) is 11.4. The van der Waals surface area contributed by atoms with Crippen LogP contribution in [0.25, 0.3) is 0 Å². The fourth-order valence-corrected chi connectivity index (χ4v) is 5.58. The predicted molar refractivity (Wildman–Crippen MR) is 81.0 cm³/mol. The molecule has 0 aromatic carbocycles. The minimum absolute atomic E-state index is 0.369. The quantitative estimate of drug-likeness (QED) is 0.681. The first-order chi connectivity index (χ1) is 8.77. The van der Waals surface area contributed by atoms with Crippen LogP contribution in [0.5, 0.6) is 0 Å². The Morgan fingerprint density at radius 2 is 1.84 bits per heavy atom. The minimum atomic E-state index is 0.369. The summed E-state index contributed by atoms with van der Waals surface area (Å²) in [6.07, 6.45) is 8.84. The molecular formula is C18H32O. The number of ketones is 1. The van der Waals surface area contributed by atoms with Gasteiger partial charge in [0.05, 0.1) is 0 Å². The molecule has 2 aliphatic rings. The Morgan fingerprint density at radius 1 is 1.16 bits per heavy atom. The molecule has 0 bridgehead atoms. The lowest BCUT2D eigenvalue weighted by Gasteiger charge is -2.59. The van der Waals surface area contributed by atoms with E-state index in [4.69, 9.17) is 0 Å². The lowest BCUT2D eigenvalue weighted by Crippen LogP contribution is -2.51. The number of rotatable bonds is 3. The predicted octanol–water partition coefficient (Wildman–Crippen LogP) is 5.23. The van der Waals surface area contributed by atoms with Gasteiger partial charge >= 0.3 is 0 Å². The Balaban J connectivity index is 2.22. The summed E-state index contributed by atoms with van der Waals surface area (Å²) in [6.45, 7) is 11.7. The first-order valence-electron chi connectivity index (χ1n) is 8.27. The van der Waals surface area contributed by atoms with Gasteiger partial charge in [0.2, 0.25) is 0 Å². The van der Waals surface area contributed by atoms with Gasteiger partial charge in [-0.1, -0.05) is 40.5 Å². The van der Waals surface area contributed by atoms with Crippen LogP contribution in [0.4, 0.5) is 0 Å². The Morgan fingerprint density at radius 3 is 2.47 bits per heavy atom. The van der Waals surface area contributed by atoms with Crippen molar-refractivity contribution in [2.45, 2.75) is 79.6 Å². The fraction of sp³-hybridized carbons (Fsp3) is 0.944. The molecule has 0 N–H and O–H groups in total. The van der Waals surface area contributed by atoms with Gasteiger partial charge in [-0.15, -0.1) is 0 Å². The van der Waals surface area contributed by atoms with E-state index in [0.717, 1.165) is 30.6 Å². The molecular weight excluding hydrogens is 232 g/mol. The van der Waals surface area contributed by atoms with Crippen molar-refractivity contribution in [1.82, 2.24) is 0 Å². The Labute approximate surface area is 119 Å². The number of hydrogen-bond acceptors (Lipinski definition) is 1. The van der Waals surface area contributed by atoms with Crippen molar-refractivity contribution in [2.75, 3.05) is 0 Å². The molecule has 0 aromatic heterocycles. The van der Waals surface area contributed by atoms with Gasteiger partial charge < -0.3 is 4.79 Å². The van der Waals surface area contributed by atoms with Gasteiger partial charge in [0.15, 0.2) is 0 Å². The molecule has 0 amide bonds. The Hall–Kier alpha value is -0.330. The highest BCUT2D eigenvalue weighted by Crippen LogP contribution is 2.61. The van der Waals surface area contributed by atoms with Gasteiger partial charge in [-0.2, -0.15) is 0 Å². The first kappa shape index (κ1) is 15.1. The third-order valence-electron chi connectivity index (χ3n) is 6.53. The topological polar surface area (TPSA) is 17.1 Å². The summed E-state index contributed by atoms with van der Waals surface area (Å²) in [6, 6.07) is 0. The average Bonchev–Trinajstić information content (AvgIpc) is 2.26. The van der Waals surface area contributed by atoms with Crippen molar-refractivity contribution in [3.05, 3.63) is 0 Å². The van der Waals surface area contributed by atoms with Crippen molar-refractivity contribution >= 4 is 5.78 Å². The second-order valence-corrected chi connectivity index (χ2v) is 8.30. The molecule has 0 heterocycles. The number of Topliss-reactive ketones (excluding diaryl/α,β-unsaturated/α-hetero) is 1. The van der Waals surface area contributed by atoms with Crippen LogP contribution < -0.4 is 0 Å². The highest BCUT2D eigenvalue weighted by Gasteiger charge is 2.53. The Kier molecular flexibility index (Phi) is 4.14. The molecule has 0 spiro atoms. The SMILES string of the molecule is CC(=O)CC[C@H]1[C@@H](C)CCC2C(C)(C)CCC[C@@]21C. The monoisotopic (exact) mass is 264 g/mol. The maximum Gasteiger partial charge on any atom is 0.129 e. The lowest BCUT2D eigenvalue weighted by atomic mass is 9.46. The number of carbonyl (C=O) groups excluding carboxylic acids is 1. The van der Waals surface area contributed by atoms with Crippen LogP contribution >= 0.6 is 0 Å². The first-order valence-corrected chi connectivity index (χ1v) is 8.27. The third-order valence-corrected chi connectivity index (χ3v) is 6.53. The smallest absolute Gasteiger partial charge is 0.129 e. The summed E-state index contributed by atoms with van der Waals surface area (Å²) in [5.74, 6) is 2.79. The summed E-state index contributed by atoms with van der Waals surface area (Å²) >= 11 is 0. The highest BCUT2D eigenvalue weighted by atomic mass is 16.1. The van der Waals surface area contributed by atoms with E-state index >= 15 is 0 Å². The van der Waals surface area contributed by atoms with Gasteiger partial charge in [-0.3, -0.25) is 0 Å². The minimum Gasteiger partial charge on any atom is -0.300 e. The van der Waals surface area contributed by atoms with Gasteiger partial charge in [-0.25, -0.2) is 0 Å². The van der Waals surface area contributed by atoms with Gasteiger partial charge in [0, 0.05) is 6.42 Å². The maximum absolute atomic E-state index is 11.4. The Bertz CT molecular complexity index is 344. The van der Waals surface area contributed by atoms with Gasteiger partial charge in [0.1, 0.15) is 5.78 Å². The number of hydrogen-bond donors (Lipinski definition) is 0. The highest BCUT2D eigenvalue weighted by molar-refractivity contribution is 5.75. The fourth-order valence-electron chi connectivity index (χ4n) is 5.58. The molecule has 1 nitrogen and oxygen atoms in total. The van der Waals surface area contributed by atoms with Crippen LogP contribution in [0, 0.1) is 28.6 Å². The van der Waals surface area contributed by atoms with Crippen molar-refractivity contribution in [1.29, 1.82) is 0 Å². The van der Waals surface area contributed by atoms with Crippen LogP contribution in [-0.2, 0) is 4.79 Å². The molecule has 2 rings (SSSR count). The van der Waals surface area contributed by atoms with Crippen LogP contribution in [0.1, 0.15) is 79.6 Å². The molecule has 0 radical (unpaired) electrons. The van der Waals surface area contributed by atoms with E-state index in [-0.39, 0.29) is 0 Å². The molecule has 2 fully saturated rings. The molecule has 1 heteroatoms. The second-order valence-electron chi connectivity index (χ2n) is 8.30. The molecule has 4 atom stereocenters. The number of carbonyl (C=O) groups is 1. The van der Waals surface area contributed by atoms with Gasteiger partial charge in [-0.05, 0) is 61.2 Å². The second kappa shape index (κ2) is 5.22. The van der Waals surface area contributed by atoms with Crippen molar-refractivity contribution in [3.8, 4) is 0 Å². The summed E-state index contributed by atoms with van der Waals surface area (Å²) < 4.78 is 0. The van der Waals surface area contributed by atoms with Crippen molar-refractivity contribution in [2.24, 2.45) is 28.6 Å². The summed E-state index contributed by atoms with van der Waals surface area (Å²) in [5, 5.41) is 0. The molecule has 1 unspecified atom stereocenters. The zero-order valence-corrected chi connectivity index (χ0v) is 13.6. The maximum atomic E-state index is 11.4. The van der Waals surface area contributed by atoms with Crippen LogP contribution in [0.3, 0.4) is 0 Å². The summed E-state index contributed by atoms with van der Waals surface area (Å²) in [5.41, 5.74) is 0.983. The third kappa shape index (κ3) is 2.76. The zero-order valence-electron chi connectivity index (χ0n) is 13.6. The van der Waals surface area contributed by atoms with Crippen molar-refractivity contribution in [3.63, 3.8) is 0 Å². The van der Waals surface area contributed by atoms with Crippen LogP contribution in [-0.4, -0.2) is 5.78 Å². The van der Waals surface area contributed by atoms with E-state index in [9.17, 15) is 4.79 Å². The van der Waals surface area contributed by atoms with Crippen LogP contribution in [0.2, 0.25) is 0 Å². The summed E-state index contributed by atoms with van der Waals surface area (Å²) in [7, 11) is 0. The van der Waals surface area contributed by atoms with E-state index in [0.29, 0.717) is 16.6 Å². The van der Waals surface area contributed by atoms with E-state index in [1.165, 1.54) is 32.1 Å². The van der Waals surface area contributed by atoms with Gasteiger partial charge in [0.25, 0.3) is 0 Å². The van der Waals surface area contributed by atoms with E-state index in [1.807, 2.05) is 0 Å². The van der Waals surface area contributed by atoms with E-state index in [1.54, 1.807) is 6.92 Å². The van der Waals surface area contributed by atoms with Crippen molar-refractivity contribution < 1.29 is 4.79 Å². The molecule has 19 heavy (non-hydrogen) atoms. The van der Waals surface area contributed by atoms with E-state index < -0.39 is 0 Å². The normalized spacial score (nSPS) is 41.6. The molecule has 2 aliphatic carbocycles. The average molecular weight is 264 g/mol. The molecule has 110 valence electrons. The standard InChI is InChI=1S/C18H32O/c1-13-7-10-16-17(3,4)11-6-12-18(16,5)15(13)9-8-14(2)19/h13,15-16H,6-12H2,1-5H3/t13-,15-,16?,18+/m0/s1. The molecule has 0 aliphatic heterocycles. The molecule has 2 saturated carbocycles. The van der Waals surface area contributed by atoms with E-state index in [2.05, 4.69) is 27.7 Å².